The fourth-order valence-electron chi connectivity index (χ4n) is 1.25. The summed E-state index contributed by atoms with van der Waals surface area (Å²) >= 11 is 0. The van der Waals surface area contributed by atoms with Gasteiger partial charge in [0.15, 0.2) is 0 Å². The van der Waals surface area contributed by atoms with E-state index in [9.17, 15) is 8.42 Å². The maximum Gasteiger partial charge on any atom is 0.256 e. The molecule has 0 amide bonds. The van der Waals surface area contributed by atoms with Crippen LogP contribution in [0.2, 0.25) is 0 Å². The van der Waals surface area contributed by atoms with Crippen molar-refractivity contribution < 1.29 is 8.42 Å². The van der Waals surface area contributed by atoms with Crippen molar-refractivity contribution >= 4 is 15.9 Å². The summed E-state index contributed by atoms with van der Waals surface area (Å²) in [6.45, 7) is 2.63. The molecular weight excluding hydrogens is 188 g/mol. The van der Waals surface area contributed by atoms with E-state index in [1.807, 2.05) is 0 Å². The quantitative estimate of drug-likeness (QED) is 0.692. The lowest BCUT2D eigenvalue weighted by Gasteiger charge is -2.13. The lowest BCUT2D eigenvalue weighted by Crippen LogP contribution is -2.34. The number of amidine groups is 1. The highest BCUT2D eigenvalue weighted by molar-refractivity contribution is 7.90. The summed E-state index contributed by atoms with van der Waals surface area (Å²) in [6, 6.07) is 0. The van der Waals surface area contributed by atoms with Crippen LogP contribution in [0.3, 0.4) is 0 Å². The molecule has 5 heteroatoms. The van der Waals surface area contributed by atoms with Gasteiger partial charge in [-0.15, -0.1) is 0 Å². The largest absolute Gasteiger partial charge is 0.372 e. The molecule has 1 rings (SSSR count). The standard InChI is InChI=1S/C8H16N2O2S/c1-2-3-4-5-8-9-6-7-13(11,12)10-8/h2-7H2,1H3,(H,9,10). The number of unbranched alkanes of at least 4 members (excludes halogenated alkanes) is 2. The van der Waals surface area contributed by atoms with Gasteiger partial charge in [0, 0.05) is 13.0 Å². The summed E-state index contributed by atoms with van der Waals surface area (Å²) in [5.41, 5.74) is 0. The van der Waals surface area contributed by atoms with E-state index in [-0.39, 0.29) is 5.75 Å². The Kier molecular flexibility index (Phi) is 3.71. The van der Waals surface area contributed by atoms with Gasteiger partial charge in [-0.2, -0.15) is 4.40 Å². The predicted octanol–water partition coefficient (Wildman–Crippen LogP) is 0.898. The number of hydrogen-bond donors (Lipinski definition) is 1. The number of hydrogen-bond acceptors (Lipinski definition) is 3. The first kappa shape index (κ1) is 10.5. The number of nitrogens with zero attached hydrogens (tertiary/aromatic N) is 1. The summed E-state index contributed by atoms with van der Waals surface area (Å²) in [6.07, 6.45) is 4.03. The van der Waals surface area contributed by atoms with Crippen LogP contribution in [-0.4, -0.2) is 26.6 Å². The average Bonchev–Trinajstić information content (AvgIpc) is 2.03. The van der Waals surface area contributed by atoms with Crippen LogP contribution in [0.5, 0.6) is 0 Å². The Morgan fingerprint density at radius 1 is 1.46 bits per heavy atom. The molecular formula is C8H16N2O2S. The maximum atomic E-state index is 11.1. The Bertz CT molecular complexity index is 283. The van der Waals surface area contributed by atoms with Crippen molar-refractivity contribution in [1.82, 2.24) is 5.32 Å². The van der Waals surface area contributed by atoms with Gasteiger partial charge in [-0.1, -0.05) is 19.8 Å². The smallest absolute Gasteiger partial charge is 0.256 e. The summed E-state index contributed by atoms with van der Waals surface area (Å²) in [5, 5.41) is 3.00. The van der Waals surface area contributed by atoms with E-state index in [1.54, 1.807) is 0 Å². The molecule has 0 aromatic rings. The van der Waals surface area contributed by atoms with E-state index >= 15 is 0 Å². The molecule has 76 valence electrons. The van der Waals surface area contributed by atoms with Crippen LogP contribution in [0, 0.1) is 0 Å². The zero-order valence-corrected chi connectivity index (χ0v) is 8.73. The topological polar surface area (TPSA) is 58.5 Å². The Labute approximate surface area is 79.5 Å². The highest BCUT2D eigenvalue weighted by atomic mass is 32.2. The van der Waals surface area contributed by atoms with Crippen LogP contribution >= 0.6 is 0 Å². The maximum absolute atomic E-state index is 11.1. The number of nitrogens with one attached hydrogen (secondary N) is 1. The molecule has 0 aromatic heterocycles. The van der Waals surface area contributed by atoms with Gasteiger partial charge in [-0.05, 0) is 6.42 Å². The second kappa shape index (κ2) is 4.60. The van der Waals surface area contributed by atoms with Gasteiger partial charge in [0.05, 0.1) is 5.75 Å². The summed E-state index contributed by atoms with van der Waals surface area (Å²) in [5.74, 6) is 0.768. The molecule has 0 radical (unpaired) electrons. The molecule has 0 aliphatic carbocycles. The SMILES string of the molecule is CCCCCC1=NS(=O)(=O)CCN1. The van der Waals surface area contributed by atoms with Gasteiger partial charge in [0.25, 0.3) is 10.0 Å². The molecule has 0 atom stereocenters. The third-order valence-electron chi connectivity index (χ3n) is 1.96. The fourth-order valence-corrected chi connectivity index (χ4v) is 2.19. The molecule has 0 aromatic carbocycles. The van der Waals surface area contributed by atoms with E-state index in [1.165, 1.54) is 0 Å². The lowest BCUT2D eigenvalue weighted by molar-refractivity contribution is 0.592. The van der Waals surface area contributed by atoms with Gasteiger partial charge < -0.3 is 5.32 Å². The third-order valence-corrected chi connectivity index (χ3v) is 3.17. The lowest BCUT2D eigenvalue weighted by atomic mass is 10.2. The molecule has 0 saturated heterocycles. The second-order valence-corrected chi connectivity index (χ2v) is 4.96. The minimum absolute atomic E-state index is 0.129. The first-order chi connectivity index (χ1) is 6.14. The van der Waals surface area contributed by atoms with Crippen LogP contribution in [0.15, 0.2) is 4.40 Å². The van der Waals surface area contributed by atoms with Gasteiger partial charge in [-0.3, -0.25) is 0 Å². The third kappa shape index (κ3) is 3.76. The molecule has 4 nitrogen and oxygen atoms in total. The average molecular weight is 204 g/mol. The summed E-state index contributed by atoms with van der Waals surface area (Å²) in [7, 11) is -3.14. The molecule has 0 spiro atoms. The van der Waals surface area contributed by atoms with Gasteiger partial charge >= 0.3 is 0 Å². The van der Waals surface area contributed by atoms with Crippen molar-refractivity contribution in [2.24, 2.45) is 4.40 Å². The Hall–Kier alpha value is -0.580. The first-order valence-corrected chi connectivity index (χ1v) is 6.30. The number of rotatable bonds is 4. The van der Waals surface area contributed by atoms with Crippen LogP contribution in [0.1, 0.15) is 32.6 Å². The molecule has 13 heavy (non-hydrogen) atoms. The monoisotopic (exact) mass is 204 g/mol. The summed E-state index contributed by atoms with van der Waals surface area (Å²) < 4.78 is 25.8. The van der Waals surface area contributed by atoms with Crippen molar-refractivity contribution in [2.45, 2.75) is 32.6 Å². The second-order valence-electron chi connectivity index (χ2n) is 3.21. The zero-order valence-electron chi connectivity index (χ0n) is 7.91. The normalized spacial score (nSPS) is 20.5. The summed E-state index contributed by atoms with van der Waals surface area (Å²) in [4.78, 5) is 0. The van der Waals surface area contributed by atoms with Crippen molar-refractivity contribution in [1.29, 1.82) is 0 Å². The predicted molar refractivity (Wildman–Crippen MR) is 53.4 cm³/mol. The molecule has 1 heterocycles. The highest BCUT2D eigenvalue weighted by Gasteiger charge is 2.15. The van der Waals surface area contributed by atoms with Crippen LogP contribution in [-0.2, 0) is 10.0 Å². The van der Waals surface area contributed by atoms with Gasteiger partial charge in [0.1, 0.15) is 5.84 Å². The van der Waals surface area contributed by atoms with Crippen LogP contribution in [0.4, 0.5) is 0 Å². The highest BCUT2D eigenvalue weighted by Crippen LogP contribution is 2.04. The van der Waals surface area contributed by atoms with Crippen molar-refractivity contribution in [3.8, 4) is 0 Å². The Morgan fingerprint density at radius 2 is 2.23 bits per heavy atom. The zero-order chi connectivity index (χ0) is 9.73. The fraction of sp³-hybridized carbons (Fsp3) is 0.875. The van der Waals surface area contributed by atoms with Crippen LogP contribution in [0.25, 0.3) is 0 Å². The molecule has 0 fully saturated rings. The minimum atomic E-state index is -3.14. The van der Waals surface area contributed by atoms with E-state index in [4.69, 9.17) is 0 Å². The number of sulfonamides is 1. The minimum Gasteiger partial charge on any atom is -0.372 e. The van der Waals surface area contributed by atoms with E-state index in [0.29, 0.717) is 12.4 Å². The first-order valence-electron chi connectivity index (χ1n) is 4.69. The molecule has 1 aliphatic heterocycles. The molecule has 1 aliphatic rings. The van der Waals surface area contributed by atoms with Crippen molar-refractivity contribution in [3.63, 3.8) is 0 Å². The van der Waals surface area contributed by atoms with E-state index in [2.05, 4.69) is 16.6 Å². The van der Waals surface area contributed by atoms with Crippen LogP contribution < -0.4 is 5.32 Å². The molecule has 1 N–H and O–H groups in total. The van der Waals surface area contributed by atoms with E-state index in [0.717, 1.165) is 25.7 Å². The van der Waals surface area contributed by atoms with Crippen molar-refractivity contribution in [2.75, 3.05) is 12.3 Å². The van der Waals surface area contributed by atoms with E-state index < -0.39 is 10.0 Å². The van der Waals surface area contributed by atoms with Gasteiger partial charge in [0.2, 0.25) is 0 Å². The molecule has 0 bridgehead atoms. The van der Waals surface area contributed by atoms with Gasteiger partial charge in [-0.25, -0.2) is 8.42 Å². The Balaban J connectivity index is 2.45. The molecule has 0 saturated carbocycles. The van der Waals surface area contributed by atoms with Crippen molar-refractivity contribution in [3.05, 3.63) is 0 Å². The molecule has 0 unspecified atom stereocenters. The Morgan fingerprint density at radius 3 is 2.85 bits per heavy atom.